The first kappa shape index (κ1) is 8.31. The highest BCUT2D eigenvalue weighted by molar-refractivity contribution is 7.98. The molecule has 2 heteroatoms. The number of hydrogen-bond donors (Lipinski definition) is 1. The predicted octanol–water partition coefficient (Wildman–Crippen LogP) is 1.70. The van der Waals surface area contributed by atoms with Gasteiger partial charge in [-0.15, -0.1) is 11.8 Å². The lowest BCUT2D eigenvalue weighted by Crippen LogP contribution is -2.35. The van der Waals surface area contributed by atoms with Crippen LogP contribution in [0.25, 0.3) is 0 Å². The average Bonchev–Trinajstić information content (AvgIpc) is 1.59. The van der Waals surface area contributed by atoms with Crippen LogP contribution >= 0.6 is 11.8 Å². The van der Waals surface area contributed by atoms with Crippen molar-refractivity contribution in [2.24, 2.45) is 0 Å². The van der Waals surface area contributed by atoms with E-state index in [1.165, 1.54) is 0 Å². The van der Waals surface area contributed by atoms with Crippen LogP contribution in [-0.2, 0) is 0 Å². The predicted molar refractivity (Wildman–Crippen MR) is 41.3 cm³/mol. The van der Waals surface area contributed by atoms with Crippen LogP contribution in [0, 0.1) is 0 Å². The molecule has 0 heterocycles. The number of rotatable bonds is 2. The Labute approximate surface area is 56.2 Å². The molecule has 0 aliphatic carbocycles. The fourth-order valence-corrected chi connectivity index (χ4v) is 0.866. The van der Waals surface area contributed by atoms with Gasteiger partial charge in [0.1, 0.15) is 0 Å². The second-order valence-corrected chi connectivity index (χ2v) is 3.73. The van der Waals surface area contributed by atoms with Crippen molar-refractivity contribution < 1.29 is 0 Å². The summed E-state index contributed by atoms with van der Waals surface area (Å²) in [5.41, 5.74) is 0.281. The van der Waals surface area contributed by atoms with Gasteiger partial charge in [-0.2, -0.15) is 0 Å². The molecule has 0 aliphatic rings. The van der Waals surface area contributed by atoms with Gasteiger partial charge in [-0.05, 0) is 27.0 Å². The van der Waals surface area contributed by atoms with Crippen molar-refractivity contribution >= 4 is 11.8 Å². The molecule has 0 aromatic heterocycles. The van der Waals surface area contributed by atoms with Gasteiger partial charge < -0.3 is 5.32 Å². The smallest absolute Gasteiger partial charge is 0.0419 e. The summed E-state index contributed by atoms with van der Waals surface area (Å²) in [4.78, 5) is 0. The second kappa shape index (κ2) is 3.36. The zero-order valence-electron chi connectivity index (χ0n) is 6.12. The third-order valence-corrected chi connectivity index (χ3v) is 1.18. The van der Waals surface area contributed by atoms with Gasteiger partial charge in [0, 0.05) is 11.4 Å². The van der Waals surface area contributed by atoms with Gasteiger partial charge >= 0.3 is 0 Å². The number of hydrogen-bond acceptors (Lipinski definition) is 2. The van der Waals surface area contributed by atoms with Crippen molar-refractivity contribution in [3.63, 3.8) is 0 Å². The Morgan fingerprint density at radius 2 is 1.88 bits per heavy atom. The summed E-state index contributed by atoms with van der Waals surface area (Å²) in [6.45, 7) is 6.51. The van der Waals surface area contributed by atoms with E-state index in [1.54, 1.807) is 0 Å². The van der Waals surface area contributed by atoms with Gasteiger partial charge in [-0.1, -0.05) is 0 Å². The highest BCUT2D eigenvalue weighted by Crippen LogP contribution is 1.99. The molecular formula is C6H15NS. The van der Waals surface area contributed by atoms with Crippen LogP contribution in [0.3, 0.4) is 0 Å². The molecule has 0 aromatic carbocycles. The molecule has 0 rings (SSSR count). The van der Waals surface area contributed by atoms with Gasteiger partial charge in [0.25, 0.3) is 0 Å². The van der Waals surface area contributed by atoms with Crippen LogP contribution in [0.1, 0.15) is 20.8 Å². The lowest BCUT2D eigenvalue weighted by Gasteiger charge is -2.19. The Morgan fingerprint density at radius 1 is 1.38 bits per heavy atom. The Balaban J connectivity index is 3.11. The van der Waals surface area contributed by atoms with Gasteiger partial charge in [0.15, 0.2) is 0 Å². The van der Waals surface area contributed by atoms with E-state index in [-0.39, 0.29) is 5.54 Å². The maximum absolute atomic E-state index is 3.33. The van der Waals surface area contributed by atoms with E-state index in [9.17, 15) is 0 Å². The summed E-state index contributed by atoms with van der Waals surface area (Å²) >= 11 is 1.82. The van der Waals surface area contributed by atoms with Crippen molar-refractivity contribution in [2.45, 2.75) is 26.3 Å². The van der Waals surface area contributed by atoms with E-state index in [0.717, 1.165) is 5.88 Å². The maximum Gasteiger partial charge on any atom is 0.0419 e. The summed E-state index contributed by atoms with van der Waals surface area (Å²) < 4.78 is 0. The number of nitrogens with one attached hydrogen (secondary N) is 1. The van der Waals surface area contributed by atoms with Crippen LogP contribution in [0.5, 0.6) is 0 Å². The highest BCUT2D eigenvalue weighted by Gasteiger charge is 2.05. The first-order valence-electron chi connectivity index (χ1n) is 2.80. The monoisotopic (exact) mass is 133 g/mol. The van der Waals surface area contributed by atoms with Crippen LogP contribution in [0.15, 0.2) is 0 Å². The van der Waals surface area contributed by atoms with E-state index in [0.29, 0.717) is 0 Å². The quantitative estimate of drug-likeness (QED) is 0.575. The molecule has 1 nitrogen and oxygen atoms in total. The molecular weight excluding hydrogens is 118 g/mol. The lowest BCUT2D eigenvalue weighted by atomic mass is 10.1. The third-order valence-electron chi connectivity index (χ3n) is 0.747. The minimum atomic E-state index is 0.281. The molecule has 0 bridgehead atoms. The zero-order valence-corrected chi connectivity index (χ0v) is 6.93. The van der Waals surface area contributed by atoms with Crippen LogP contribution in [0.2, 0.25) is 0 Å². The SMILES string of the molecule is CSCNC(C)(C)C. The molecule has 1 N–H and O–H groups in total. The van der Waals surface area contributed by atoms with Crippen molar-refractivity contribution in [3.8, 4) is 0 Å². The zero-order chi connectivity index (χ0) is 6.62. The summed E-state index contributed by atoms with van der Waals surface area (Å²) in [5, 5.41) is 3.33. The van der Waals surface area contributed by atoms with Gasteiger partial charge in [0.05, 0.1) is 0 Å². The molecule has 0 saturated carbocycles. The fourth-order valence-electron chi connectivity index (χ4n) is 0.289. The van der Waals surface area contributed by atoms with Gasteiger partial charge in [-0.3, -0.25) is 0 Å². The third kappa shape index (κ3) is 6.31. The summed E-state index contributed by atoms with van der Waals surface area (Å²) in [7, 11) is 0. The van der Waals surface area contributed by atoms with Crippen molar-refractivity contribution in [1.82, 2.24) is 5.32 Å². The largest absolute Gasteiger partial charge is 0.303 e. The van der Waals surface area contributed by atoms with Crippen molar-refractivity contribution in [1.29, 1.82) is 0 Å². The Bertz CT molecular complexity index is 56.0. The van der Waals surface area contributed by atoms with Crippen LogP contribution in [-0.4, -0.2) is 17.7 Å². The molecule has 0 spiro atoms. The minimum absolute atomic E-state index is 0.281. The van der Waals surface area contributed by atoms with Gasteiger partial charge in [-0.25, -0.2) is 0 Å². The molecule has 0 aromatic rings. The molecule has 0 unspecified atom stereocenters. The fraction of sp³-hybridized carbons (Fsp3) is 1.00. The molecule has 0 saturated heterocycles. The molecule has 0 amide bonds. The second-order valence-electron chi connectivity index (χ2n) is 2.86. The average molecular weight is 133 g/mol. The summed E-state index contributed by atoms with van der Waals surface area (Å²) in [6, 6.07) is 0. The van der Waals surface area contributed by atoms with E-state index in [4.69, 9.17) is 0 Å². The standard InChI is InChI=1S/C6H15NS/c1-6(2,3)7-5-8-4/h7H,5H2,1-4H3. The van der Waals surface area contributed by atoms with E-state index in [1.807, 2.05) is 11.8 Å². The van der Waals surface area contributed by atoms with E-state index >= 15 is 0 Å². The van der Waals surface area contributed by atoms with E-state index in [2.05, 4.69) is 32.3 Å². The summed E-state index contributed by atoms with van der Waals surface area (Å²) in [5.74, 6) is 1.05. The summed E-state index contributed by atoms with van der Waals surface area (Å²) in [6.07, 6.45) is 2.10. The topological polar surface area (TPSA) is 12.0 Å². The Kier molecular flexibility index (Phi) is 3.49. The molecule has 0 aliphatic heterocycles. The highest BCUT2D eigenvalue weighted by atomic mass is 32.2. The van der Waals surface area contributed by atoms with Crippen LogP contribution in [0.4, 0.5) is 0 Å². The Morgan fingerprint density at radius 3 is 2.00 bits per heavy atom. The molecule has 0 atom stereocenters. The Hall–Kier alpha value is 0.310. The normalized spacial score (nSPS) is 12.0. The molecule has 0 fully saturated rings. The van der Waals surface area contributed by atoms with Crippen molar-refractivity contribution in [2.75, 3.05) is 12.1 Å². The van der Waals surface area contributed by atoms with E-state index < -0.39 is 0 Å². The first-order chi connectivity index (χ1) is 3.56. The maximum atomic E-state index is 3.33. The molecule has 50 valence electrons. The lowest BCUT2D eigenvalue weighted by molar-refractivity contribution is 0.462. The minimum Gasteiger partial charge on any atom is -0.303 e. The van der Waals surface area contributed by atoms with Crippen molar-refractivity contribution in [3.05, 3.63) is 0 Å². The van der Waals surface area contributed by atoms with Crippen LogP contribution < -0.4 is 5.32 Å². The molecule has 0 radical (unpaired) electrons. The first-order valence-corrected chi connectivity index (χ1v) is 4.19. The number of thioether (sulfide) groups is 1. The molecule has 8 heavy (non-hydrogen) atoms. The van der Waals surface area contributed by atoms with Gasteiger partial charge in [0.2, 0.25) is 0 Å².